The summed E-state index contributed by atoms with van der Waals surface area (Å²) in [6.45, 7) is 1.70. The van der Waals surface area contributed by atoms with Crippen molar-refractivity contribution in [1.29, 1.82) is 0 Å². The Bertz CT molecular complexity index is 1050. The number of hydrogen-bond acceptors (Lipinski definition) is 6. The summed E-state index contributed by atoms with van der Waals surface area (Å²) in [6, 6.07) is 10.8. The number of aliphatic hydroxyl groups is 1. The number of aliphatic hydroxyl groups excluding tert-OH is 1. The molecule has 1 atom stereocenters. The Morgan fingerprint density at radius 1 is 1.26 bits per heavy atom. The minimum absolute atomic E-state index is 0.00502. The van der Waals surface area contributed by atoms with E-state index in [1.165, 1.54) is 16.2 Å². The van der Waals surface area contributed by atoms with Crippen molar-refractivity contribution in [1.82, 2.24) is 5.16 Å². The van der Waals surface area contributed by atoms with Crippen LogP contribution in [0.4, 0.5) is 5.82 Å². The van der Waals surface area contributed by atoms with Crippen LogP contribution in [0.3, 0.4) is 0 Å². The number of carbonyl (C=O) groups excluding carboxylic acids is 2. The second-order valence-electron chi connectivity index (χ2n) is 5.99. The first-order chi connectivity index (χ1) is 13.0. The van der Waals surface area contributed by atoms with Crippen molar-refractivity contribution in [2.24, 2.45) is 0 Å². The lowest BCUT2D eigenvalue weighted by atomic mass is 10.00. The topological polar surface area (TPSA) is 83.6 Å². The van der Waals surface area contributed by atoms with Crippen LogP contribution in [0, 0.1) is 6.92 Å². The molecule has 4 rings (SSSR count). The molecule has 0 bridgehead atoms. The number of rotatable bonds is 3. The van der Waals surface area contributed by atoms with Gasteiger partial charge >= 0.3 is 5.91 Å². The molecule has 27 heavy (non-hydrogen) atoms. The summed E-state index contributed by atoms with van der Waals surface area (Å²) in [5, 5.41) is 17.1. The first-order valence-electron chi connectivity index (χ1n) is 8.01. The molecule has 0 saturated carbocycles. The molecule has 1 fully saturated rings. The standard InChI is InChI=1S/C19H13ClN2O4S/c1-10-9-14(21-26-10)22-16(13-3-2-8-27-13)15(18(24)19(22)25)17(23)11-4-6-12(20)7-5-11/h2-9,16,23H,1H3/t16-/m1/s1. The van der Waals surface area contributed by atoms with Gasteiger partial charge in [0.1, 0.15) is 17.6 Å². The highest BCUT2D eigenvalue weighted by Crippen LogP contribution is 2.43. The number of ketones is 1. The summed E-state index contributed by atoms with van der Waals surface area (Å²) in [4.78, 5) is 27.5. The average molecular weight is 401 g/mol. The molecule has 3 aromatic rings. The number of thiophene rings is 1. The number of hydrogen-bond donors (Lipinski definition) is 1. The zero-order valence-electron chi connectivity index (χ0n) is 14.0. The lowest BCUT2D eigenvalue weighted by Gasteiger charge is -2.21. The molecule has 136 valence electrons. The highest BCUT2D eigenvalue weighted by molar-refractivity contribution is 7.10. The lowest BCUT2D eigenvalue weighted by Crippen LogP contribution is -2.29. The van der Waals surface area contributed by atoms with Gasteiger partial charge in [-0.25, -0.2) is 0 Å². The van der Waals surface area contributed by atoms with Crippen LogP contribution in [0.1, 0.15) is 22.2 Å². The number of halogens is 1. The highest BCUT2D eigenvalue weighted by Gasteiger charge is 2.48. The fourth-order valence-corrected chi connectivity index (χ4v) is 3.96. The predicted molar refractivity (Wildman–Crippen MR) is 102 cm³/mol. The Morgan fingerprint density at radius 3 is 2.59 bits per heavy atom. The van der Waals surface area contributed by atoms with E-state index in [0.29, 0.717) is 16.3 Å². The highest BCUT2D eigenvalue weighted by atomic mass is 35.5. The molecule has 0 radical (unpaired) electrons. The van der Waals surface area contributed by atoms with E-state index in [1.807, 2.05) is 11.4 Å². The van der Waals surface area contributed by atoms with E-state index in [0.717, 1.165) is 4.88 Å². The summed E-state index contributed by atoms with van der Waals surface area (Å²) in [6.07, 6.45) is 0. The van der Waals surface area contributed by atoms with Gasteiger partial charge in [0.25, 0.3) is 5.78 Å². The van der Waals surface area contributed by atoms with Crippen molar-refractivity contribution < 1.29 is 19.2 Å². The summed E-state index contributed by atoms with van der Waals surface area (Å²) >= 11 is 7.28. The number of aryl methyl sites for hydroxylation is 1. The number of nitrogens with zero attached hydrogens (tertiary/aromatic N) is 2. The predicted octanol–water partition coefficient (Wildman–Crippen LogP) is 4.32. The van der Waals surface area contributed by atoms with Gasteiger partial charge in [-0.15, -0.1) is 11.3 Å². The Balaban J connectivity index is 1.92. The minimum Gasteiger partial charge on any atom is -0.507 e. The molecule has 0 unspecified atom stereocenters. The normalized spacial score (nSPS) is 19.0. The van der Waals surface area contributed by atoms with E-state index in [4.69, 9.17) is 16.1 Å². The third kappa shape index (κ3) is 2.94. The Labute approximate surface area is 163 Å². The van der Waals surface area contributed by atoms with Crippen LogP contribution in [0.2, 0.25) is 5.02 Å². The first-order valence-corrected chi connectivity index (χ1v) is 9.27. The molecular formula is C19H13ClN2O4S. The Hall–Kier alpha value is -2.90. The SMILES string of the molecule is Cc1cc(N2C(=O)C(=O)C(=C(O)c3ccc(Cl)cc3)[C@H]2c2cccs2)no1. The molecule has 1 aromatic carbocycles. The van der Waals surface area contributed by atoms with Gasteiger partial charge in [-0.2, -0.15) is 0 Å². The number of anilines is 1. The van der Waals surface area contributed by atoms with Crippen LogP contribution < -0.4 is 4.90 Å². The van der Waals surface area contributed by atoms with Crippen LogP contribution in [0.5, 0.6) is 0 Å². The molecule has 3 heterocycles. The van der Waals surface area contributed by atoms with E-state index in [2.05, 4.69) is 5.16 Å². The molecular weight excluding hydrogens is 388 g/mol. The van der Waals surface area contributed by atoms with Gasteiger partial charge in [-0.05, 0) is 42.6 Å². The van der Waals surface area contributed by atoms with Crippen molar-refractivity contribution >= 4 is 46.2 Å². The van der Waals surface area contributed by atoms with Gasteiger partial charge in [-0.1, -0.05) is 22.8 Å². The summed E-state index contributed by atoms with van der Waals surface area (Å²) < 4.78 is 5.07. The number of amides is 1. The molecule has 2 aromatic heterocycles. The molecule has 1 N–H and O–H groups in total. The first kappa shape index (κ1) is 17.5. The average Bonchev–Trinajstić information content (AvgIpc) is 3.37. The zero-order valence-corrected chi connectivity index (χ0v) is 15.6. The van der Waals surface area contributed by atoms with Crippen LogP contribution in [-0.4, -0.2) is 22.0 Å². The van der Waals surface area contributed by atoms with Gasteiger partial charge in [0.05, 0.1) is 5.57 Å². The number of aromatic nitrogens is 1. The van der Waals surface area contributed by atoms with Gasteiger partial charge in [0, 0.05) is 21.5 Å². The second kappa shape index (κ2) is 6.68. The Morgan fingerprint density at radius 2 is 2.00 bits per heavy atom. The van der Waals surface area contributed by atoms with E-state index >= 15 is 0 Å². The summed E-state index contributed by atoms with van der Waals surface area (Å²) in [7, 11) is 0. The third-order valence-electron chi connectivity index (χ3n) is 4.24. The zero-order chi connectivity index (χ0) is 19.1. The van der Waals surface area contributed by atoms with E-state index in [9.17, 15) is 14.7 Å². The maximum absolute atomic E-state index is 12.8. The second-order valence-corrected chi connectivity index (χ2v) is 7.40. The smallest absolute Gasteiger partial charge is 0.301 e. The maximum Gasteiger partial charge on any atom is 0.301 e. The van der Waals surface area contributed by atoms with Crippen LogP contribution in [0.15, 0.2) is 57.9 Å². The molecule has 1 saturated heterocycles. The molecule has 0 aliphatic carbocycles. The minimum atomic E-state index is -0.787. The van der Waals surface area contributed by atoms with Gasteiger partial charge in [0.2, 0.25) is 0 Å². The van der Waals surface area contributed by atoms with Gasteiger partial charge in [0.15, 0.2) is 5.82 Å². The molecule has 1 aliphatic heterocycles. The number of carbonyl (C=O) groups is 2. The van der Waals surface area contributed by atoms with E-state index in [1.54, 1.807) is 43.3 Å². The van der Waals surface area contributed by atoms with E-state index in [-0.39, 0.29) is 17.2 Å². The summed E-state index contributed by atoms with van der Waals surface area (Å²) in [5.41, 5.74) is 0.403. The number of benzene rings is 1. The Kier molecular flexibility index (Phi) is 4.33. The van der Waals surface area contributed by atoms with Crippen molar-refractivity contribution in [2.45, 2.75) is 13.0 Å². The largest absolute Gasteiger partial charge is 0.507 e. The van der Waals surface area contributed by atoms with Crippen molar-refractivity contribution in [3.63, 3.8) is 0 Å². The molecule has 8 heteroatoms. The fraction of sp³-hybridized carbons (Fsp3) is 0.105. The number of Topliss-reactive ketones (excluding diaryl/α,β-unsaturated/α-hetero) is 1. The quantitative estimate of drug-likeness (QED) is 0.402. The monoisotopic (exact) mass is 400 g/mol. The van der Waals surface area contributed by atoms with Crippen molar-refractivity contribution in [3.05, 3.63) is 74.6 Å². The maximum atomic E-state index is 12.8. The van der Waals surface area contributed by atoms with Gasteiger partial charge < -0.3 is 9.63 Å². The van der Waals surface area contributed by atoms with Gasteiger partial charge in [-0.3, -0.25) is 14.5 Å². The van der Waals surface area contributed by atoms with Crippen LogP contribution in [0.25, 0.3) is 5.76 Å². The fourth-order valence-electron chi connectivity index (χ4n) is 3.01. The van der Waals surface area contributed by atoms with Crippen molar-refractivity contribution in [2.75, 3.05) is 4.90 Å². The van der Waals surface area contributed by atoms with Crippen molar-refractivity contribution in [3.8, 4) is 0 Å². The third-order valence-corrected chi connectivity index (χ3v) is 5.41. The lowest BCUT2D eigenvalue weighted by molar-refractivity contribution is -0.132. The van der Waals surface area contributed by atoms with Crippen LogP contribution in [-0.2, 0) is 9.59 Å². The summed E-state index contributed by atoms with van der Waals surface area (Å²) in [5.74, 6) is -1.07. The van der Waals surface area contributed by atoms with E-state index < -0.39 is 17.7 Å². The molecule has 0 spiro atoms. The molecule has 1 amide bonds. The molecule has 6 nitrogen and oxygen atoms in total. The van der Waals surface area contributed by atoms with Crippen LogP contribution >= 0.6 is 22.9 Å². The molecule has 1 aliphatic rings.